The van der Waals surface area contributed by atoms with Gasteiger partial charge in [0.15, 0.2) is 0 Å². The third kappa shape index (κ3) is 11.6. The number of carbonyl (C=O) groups is 1. The number of nitrogens with zero attached hydrogens (tertiary/aromatic N) is 3. The molecule has 1 aromatic heterocycles. The third-order valence-corrected chi connectivity index (χ3v) is 9.57. The van der Waals surface area contributed by atoms with Gasteiger partial charge in [0.05, 0.1) is 25.5 Å². The molecule has 0 amide bonds. The Morgan fingerprint density at radius 1 is 0.574 bits per heavy atom. The maximum absolute atomic E-state index is 11.9. The van der Waals surface area contributed by atoms with Crippen LogP contribution in [0.3, 0.4) is 0 Å². The number of fused-ring (bicyclic) bond motifs is 2. The molecule has 4 N–H and O–H groups in total. The topological polar surface area (TPSA) is 284 Å². The number of aromatic carboxylic acids is 1. The van der Waals surface area contributed by atoms with Gasteiger partial charge in [0.1, 0.15) is 20.2 Å². The van der Waals surface area contributed by atoms with Crippen LogP contribution < -0.4 is 134 Å². The number of aromatic nitrogens is 3. The average Bonchev–Trinajstić information content (AvgIpc) is 3.02. The van der Waals surface area contributed by atoms with Crippen molar-refractivity contribution in [2.45, 2.75) is 14.7 Å². The predicted molar refractivity (Wildman–Crippen MR) is 174 cm³/mol. The van der Waals surface area contributed by atoms with Crippen LogP contribution in [0.5, 0.6) is 0 Å². The van der Waals surface area contributed by atoms with Gasteiger partial charge in [0.2, 0.25) is 17.8 Å². The van der Waals surface area contributed by atoms with Crippen LogP contribution in [-0.4, -0.2) is 64.9 Å². The molecule has 1 heterocycles. The Bertz CT molecular complexity index is 2730. The fourth-order valence-corrected chi connectivity index (χ4v) is 6.88. The Balaban J connectivity index is 0.00000252. The van der Waals surface area contributed by atoms with Gasteiger partial charge < -0.3 is 34.7 Å². The van der Waals surface area contributed by atoms with Crippen molar-refractivity contribution in [3.8, 4) is 0 Å². The fourth-order valence-electron chi connectivity index (χ4n) is 4.87. The molecule has 6 aromatic rings. The molecular formula is C30H18N6Na4O11S3. The van der Waals surface area contributed by atoms with Gasteiger partial charge in [-0.15, -0.1) is 10.8 Å². The van der Waals surface area contributed by atoms with E-state index >= 15 is 0 Å². The van der Waals surface area contributed by atoms with Crippen LogP contribution in [-0.2, 0) is 30.4 Å². The van der Waals surface area contributed by atoms with E-state index in [9.17, 15) is 48.8 Å². The first-order chi connectivity index (χ1) is 23.4. The summed E-state index contributed by atoms with van der Waals surface area (Å²) in [6.07, 6.45) is 0. The van der Waals surface area contributed by atoms with E-state index in [1.807, 2.05) is 0 Å². The molecule has 17 nitrogen and oxygen atoms in total. The Labute approximate surface area is 396 Å². The van der Waals surface area contributed by atoms with E-state index in [-0.39, 0.29) is 169 Å². The van der Waals surface area contributed by atoms with Crippen LogP contribution in [0.4, 0.5) is 34.9 Å². The molecule has 54 heavy (non-hydrogen) atoms. The van der Waals surface area contributed by atoms with Crippen molar-refractivity contribution in [3.05, 3.63) is 96.6 Å². The van der Waals surface area contributed by atoms with Gasteiger partial charge in [-0.05, 0) is 64.2 Å². The van der Waals surface area contributed by atoms with E-state index in [1.165, 1.54) is 60.7 Å². The Morgan fingerprint density at radius 3 is 1.54 bits per heavy atom. The molecule has 0 fully saturated rings. The van der Waals surface area contributed by atoms with Crippen molar-refractivity contribution in [3.63, 3.8) is 0 Å². The summed E-state index contributed by atoms with van der Waals surface area (Å²) in [6, 6.07) is 20.4. The van der Waals surface area contributed by atoms with Gasteiger partial charge >= 0.3 is 124 Å². The van der Waals surface area contributed by atoms with Crippen LogP contribution in [0.1, 0.15) is 10.4 Å². The number of benzene rings is 5. The maximum Gasteiger partial charge on any atom is 1.00 e. The zero-order valence-electron chi connectivity index (χ0n) is 28.7. The summed E-state index contributed by atoms with van der Waals surface area (Å²) in [5.41, 5.74) is 0.730. The number of rotatable bonds is 10. The molecule has 0 atom stereocenters. The van der Waals surface area contributed by atoms with Crippen LogP contribution in [0.2, 0.25) is 0 Å². The Hall–Kier alpha value is -1.77. The summed E-state index contributed by atoms with van der Waals surface area (Å²) >= 11 is 0. The minimum absolute atomic E-state index is 0. The third-order valence-electron chi connectivity index (χ3n) is 7.00. The second-order valence-corrected chi connectivity index (χ2v) is 14.5. The van der Waals surface area contributed by atoms with E-state index in [4.69, 9.17) is 0 Å². The number of nitrogens with one attached hydrogen (secondary N) is 3. The van der Waals surface area contributed by atoms with Gasteiger partial charge in [0.25, 0.3) is 0 Å². The van der Waals surface area contributed by atoms with Gasteiger partial charge in [0, 0.05) is 17.1 Å². The predicted octanol–water partition coefficient (Wildman–Crippen LogP) is -8.36. The summed E-state index contributed by atoms with van der Waals surface area (Å²) in [5.74, 6) is -1.55. The quantitative estimate of drug-likeness (QED) is 0.0567. The molecule has 5 aromatic carbocycles. The molecule has 0 bridgehead atoms. The normalized spacial score (nSPS) is 11.2. The molecule has 0 aliphatic carbocycles. The maximum atomic E-state index is 11.9. The Morgan fingerprint density at radius 2 is 1.06 bits per heavy atom. The molecule has 0 unspecified atom stereocenters. The molecule has 0 saturated heterocycles. The average molecular weight is 827 g/mol. The minimum Gasteiger partial charge on any atom is -0.754 e. The summed E-state index contributed by atoms with van der Waals surface area (Å²) in [5, 5.41) is 18.3. The van der Waals surface area contributed by atoms with E-state index in [0.29, 0.717) is 17.1 Å². The first-order valence-corrected chi connectivity index (χ1v) is 18.0. The standard InChI is InChI=1S/C30H21N6O11S3.4Na/c37-27(38)17-4-1-5-19(12-17)31-28-34-29(32-20-7-9-23-16(11-20)3-2-6-25(23)49(42,43)44)36-30(35-28)33-21-8-10-24-18(13-21)14-22(48(39,40)41)15-26(24)50(45,46)47;;;;/h1,3-15H,(H,37,38)(H,39,40,41)(H,42,43,44)(H,45,46,47)(H3,31,32,33,34,35,36);;;;/q-1;4*+1/p-3. The summed E-state index contributed by atoms with van der Waals surface area (Å²) in [7, 11) is -15.1. The van der Waals surface area contributed by atoms with Crippen molar-refractivity contribution in [1.82, 2.24) is 15.0 Å². The molecule has 0 spiro atoms. The Kier molecular flexibility index (Phi) is 17.1. The van der Waals surface area contributed by atoms with Crippen molar-refractivity contribution < 1.29 is 167 Å². The number of carboxylic acids is 1. The van der Waals surface area contributed by atoms with E-state index in [2.05, 4.69) is 37.0 Å². The summed E-state index contributed by atoms with van der Waals surface area (Å²) in [4.78, 5) is 22.1. The molecule has 0 aliphatic heterocycles. The van der Waals surface area contributed by atoms with Crippen molar-refractivity contribution in [2.24, 2.45) is 0 Å². The van der Waals surface area contributed by atoms with E-state index in [0.717, 1.165) is 12.1 Å². The summed E-state index contributed by atoms with van der Waals surface area (Å²) in [6.45, 7) is 0. The second-order valence-electron chi connectivity index (χ2n) is 10.4. The smallest absolute Gasteiger partial charge is 0.754 e. The molecule has 24 heteroatoms. The summed E-state index contributed by atoms with van der Waals surface area (Å²) < 4.78 is 106. The number of carboxylic acid groups (broad SMARTS) is 1. The van der Waals surface area contributed by atoms with Gasteiger partial charge in [-0.25, -0.2) is 21.6 Å². The zero-order valence-corrected chi connectivity index (χ0v) is 39.1. The number of hydrogen-bond acceptors (Lipinski definition) is 16. The van der Waals surface area contributed by atoms with Crippen LogP contribution >= 0.6 is 0 Å². The molecule has 0 aliphatic rings. The van der Waals surface area contributed by atoms with Gasteiger partial charge in [-0.2, -0.15) is 33.2 Å². The first-order valence-electron chi connectivity index (χ1n) is 13.7. The monoisotopic (exact) mass is 826 g/mol. The minimum atomic E-state index is -5.19. The van der Waals surface area contributed by atoms with Crippen molar-refractivity contribution >= 4 is 92.8 Å². The second kappa shape index (κ2) is 19.1. The SMILES string of the molecule is O=C(O)c1cccc(Nc2nc(Nc3ccc4c(S(=O)(=O)[O-])c[c-]cc4c3)nc(Nc3ccc4c(S(=O)(=O)[O-])cc(S(=O)(=O)[O-])cc4c3)n2)c1.[Na+].[Na+].[Na+].[Na+]. The van der Waals surface area contributed by atoms with E-state index < -0.39 is 51.0 Å². The van der Waals surface area contributed by atoms with Crippen LogP contribution in [0.15, 0.2) is 99.6 Å². The molecule has 256 valence electrons. The largest absolute Gasteiger partial charge is 1.00 e. The molecular weight excluding hydrogens is 809 g/mol. The first kappa shape index (κ1) is 48.4. The van der Waals surface area contributed by atoms with Crippen LogP contribution in [0.25, 0.3) is 21.5 Å². The van der Waals surface area contributed by atoms with Gasteiger partial charge in [-0.3, -0.25) is 8.42 Å². The van der Waals surface area contributed by atoms with Gasteiger partial charge in [-0.1, -0.05) is 24.3 Å². The molecule has 0 radical (unpaired) electrons. The molecule has 6 rings (SSSR count). The zero-order chi connectivity index (χ0) is 36.0. The number of anilines is 6. The van der Waals surface area contributed by atoms with Crippen LogP contribution in [0, 0.1) is 6.07 Å². The molecule has 0 saturated carbocycles. The van der Waals surface area contributed by atoms with Crippen molar-refractivity contribution in [2.75, 3.05) is 16.0 Å². The van der Waals surface area contributed by atoms with E-state index in [1.54, 1.807) is 6.07 Å². The number of hydrogen-bond donors (Lipinski definition) is 4. The fraction of sp³-hybridized carbons (Fsp3) is 0. The van der Waals surface area contributed by atoms with Crippen molar-refractivity contribution in [1.29, 1.82) is 0 Å².